The number of anilines is 1. The SMILES string of the molecule is COc1ccc(NN=C(C#N)C#N)cc1OC(F)F. The van der Waals surface area contributed by atoms with Gasteiger partial charge in [-0.3, -0.25) is 5.43 Å². The Labute approximate surface area is 107 Å². The molecule has 0 aliphatic heterocycles. The Kier molecular flexibility index (Phi) is 5.05. The minimum Gasteiger partial charge on any atom is -0.493 e. The van der Waals surface area contributed by atoms with Crippen LogP contribution in [0.25, 0.3) is 0 Å². The molecule has 0 aromatic heterocycles. The highest BCUT2D eigenvalue weighted by Crippen LogP contribution is 2.31. The highest BCUT2D eigenvalue weighted by molar-refractivity contribution is 6.10. The molecule has 8 heteroatoms. The molecule has 0 fully saturated rings. The molecule has 0 unspecified atom stereocenters. The normalized spacial score (nSPS) is 9.16. The maximum absolute atomic E-state index is 12.2. The van der Waals surface area contributed by atoms with Crippen LogP contribution in [0.1, 0.15) is 0 Å². The van der Waals surface area contributed by atoms with Crippen molar-refractivity contribution in [3.8, 4) is 23.6 Å². The zero-order chi connectivity index (χ0) is 14.3. The second-order valence-corrected chi connectivity index (χ2v) is 3.04. The summed E-state index contributed by atoms with van der Waals surface area (Å²) in [5.74, 6) is -0.0659. The molecule has 6 nitrogen and oxygen atoms in total. The van der Waals surface area contributed by atoms with E-state index >= 15 is 0 Å². The summed E-state index contributed by atoms with van der Waals surface area (Å²) in [5.41, 5.74) is 2.24. The Hall–Kier alpha value is -2.87. The molecule has 0 saturated carbocycles. The Morgan fingerprint density at radius 2 is 2.00 bits per heavy atom. The van der Waals surface area contributed by atoms with Gasteiger partial charge in [-0.15, -0.1) is 0 Å². The third kappa shape index (κ3) is 4.13. The van der Waals surface area contributed by atoms with Crippen LogP contribution in [0.5, 0.6) is 11.5 Å². The molecule has 1 rings (SSSR count). The second kappa shape index (κ2) is 6.77. The summed E-state index contributed by atoms with van der Waals surface area (Å²) in [6, 6.07) is 7.14. The van der Waals surface area contributed by atoms with Gasteiger partial charge < -0.3 is 9.47 Å². The van der Waals surface area contributed by atoms with Gasteiger partial charge in [-0.2, -0.15) is 24.4 Å². The van der Waals surface area contributed by atoms with Gasteiger partial charge in [-0.25, -0.2) is 0 Å². The highest BCUT2D eigenvalue weighted by Gasteiger charge is 2.11. The Bertz CT molecular complexity index is 545. The number of hydrogen-bond acceptors (Lipinski definition) is 6. The molecular weight excluding hydrogens is 258 g/mol. The number of benzene rings is 1. The molecule has 0 spiro atoms. The molecule has 0 radical (unpaired) electrons. The lowest BCUT2D eigenvalue weighted by atomic mass is 10.3. The van der Waals surface area contributed by atoms with Gasteiger partial charge in [0.2, 0.25) is 5.71 Å². The van der Waals surface area contributed by atoms with Crippen LogP contribution in [0.3, 0.4) is 0 Å². The molecule has 98 valence electrons. The van der Waals surface area contributed by atoms with Gasteiger partial charge in [-0.1, -0.05) is 0 Å². The lowest BCUT2D eigenvalue weighted by Crippen LogP contribution is -2.04. The van der Waals surface area contributed by atoms with E-state index in [4.69, 9.17) is 15.3 Å². The van der Waals surface area contributed by atoms with Crippen LogP contribution in [0, 0.1) is 22.7 Å². The van der Waals surface area contributed by atoms with Gasteiger partial charge in [-0.05, 0) is 12.1 Å². The van der Waals surface area contributed by atoms with Crippen LogP contribution in [0.15, 0.2) is 23.3 Å². The van der Waals surface area contributed by atoms with Crippen molar-refractivity contribution in [1.82, 2.24) is 0 Å². The van der Waals surface area contributed by atoms with Crippen molar-refractivity contribution in [2.75, 3.05) is 12.5 Å². The third-order valence-corrected chi connectivity index (χ3v) is 1.89. The number of nitrogens with one attached hydrogen (secondary N) is 1. The van der Waals surface area contributed by atoms with Gasteiger partial charge >= 0.3 is 6.61 Å². The van der Waals surface area contributed by atoms with E-state index in [1.807, 2.05) is 0 Å². The van der Waals surface area contributed by atoms with Crippen LogP contribution in [-0.4, -0.2) is 19.4 Å². The minimum atomic E-state index is -3.00. The predicted molar refractivity (Wildman–Crippen MR) is 61.9 cm³/mol. The molecule has 0 atom stereocenters. The standard InChI is InChI=1S/C11H8F2N4O2/c1-18-9-3-2-7(4-10(9)19-11(12)13)16-17-8(5-14)6-15/h2-4,11,16H,1H3. The van der Waals surface area contributed by atoms with Gasteiger partial charge in [0.05, 0.1) is 12.8 Å². The first-order chi connectivity index (χ1) is 9.10. The van der Waals surface area contributed by atoms with Crippen molar-refractivity contribution in [3.05, 3.63) is 18.2 Å². The summed E-state index contributed by atoms with van der Waals surface area (Å²) in [7, 11) is 1.31. The average molecular weight is 266 g/mol. The number of halogens is 2. The van der Waals surface area contributed by atoms with E-state index in [1.54, 1.807) is 12.1 Å². The van der Waals surface area contributed by atoms with Crippen molar-refractivity contribution in [1.29, 1.82) is 10.5 Å². The molecule has 0 heterocycles. The van der Waals surface area contributed by atoms with Crippen LogP contribution in [-0.2, 0) is 0 Å². The maximum Gasteiger partial charge on any atom is 0.387 e. The summed E-state index contributed by atoms with van der Waals surface area (Å²) >= 11 is 0. The van der Waals surface area contributed by atoms with Crippen LogP contribution < -0.4 is 14.9 Å². The first kappa shape index (κ1) is 14.2. The molecule has 1 aromatic rings. The van der Waals surface area contributed by atoms with Gasteiger partial charge in [0.15, 0.2) is 11.5 Å². The molecule has 1 aromatic carbocycles. The van der Waals surface area contributed by atoms with Crippen molar-refractivity contribution in [2.24, 2.45) is 5.10 Å². The van der Waals surface area contributed by atoms with Crippen LogP contribution in [0.2, 0.25) is 0 Å². The maximum atomic E-state index is 12.2. The third-order valence-electron chi connectivity index (χ3n) is 1.89. The topological polar surface area (TPSA) is 90.4 Å². The zero-order valence-electron chi connectivity index (χ0n) is 9.72. The lowest BCUT2D eigenvalue weighted by Gasteiger charge is -2.11. The highest BCUT2D eigenvalue weighted by atomic mass is 19.3. The van der Waals surface area contributed by atoms with E-state index in [0.717, 1.165) is 0 Å². The fourth-order valence-corrected chi connectivity index (χ4v) is 1.13. The second-order valence-electron chi connectivity index (χ2n) is 3.04. The molecule has 0 saturated heterocycles. The largest absolute Gasteiger partial charge is 0.493 e. The zero-order valence-corrected chi connectivity index (χ0v) is 9.72. The fourth-order valence-electron chi connectivity index (χ4n) is 1.13. The average Bonchev–Trinajstić information content (AvgIpc) is 2.39. The number of alkyl halides is 2. The predicted octanol–water partition coefficient (Wildman–Crippen LogP) is 2.11. The van der Waals surface area contributed by atoms with E-state index in [0.29, 0.717) is 0 Å². The summed E-state index contributed by atoms with van der Waals surface area (Å²) < 4.78 is 33.5. The number of nitrogens with zero attached hydrogens (tertiary/aromatic N) is 3. The van der Waals surface area contributed by atoms with Crippen LogP contribution in [0.4, 0.5) is 14.5 Å². The molecule has 1 N–H and O–H groups in total. The smallest absolute Gasteiger partial charge is 0.387 e. The Morgan fingerprint density at radius 3 is 2.53 bits per heavy atom. The van der Waals surface area contributed by atoms with Crippen molar-refractivity contribution >= 4 is 11.4 Å². The van der Waals surface area contributed by atoms with E-state index in [9.17, 15) is 8.78 Å². The first-order valence-electron chi connectivity index (χ1n) is 4.87. The molecule has 0 aliphatic rings. The molecule has 0 bridgehead atoms. The van der Waals surface area contributed by atoms with Crippen molar-refractivity contribution in [3.63, 3.8) is 0 Å². The van der Waals surface area contributed by atoms with E-state index < -0.39 is 12.3 Å². The number of hydrogen-bond donors (Lipinski definition) is 1. The van der Waals surface area contributed by atoms with E-state index in [1.165, 1.54) is 25.3 Å². The Balaban J connectivity index is 2.96. The lowest BCUT2D eigenvalue weighted by molar-refractivity contribution is -0.0511. The van der Waals surface area contributed by atoms with Crippen LogP contribution >= 0.6 is 0 Å². The fraction of sp³-hybridized carbons (Fsp3) is 0.182. The molecule has 0 amide bonds. The number of hydrazone groups is 1. The van der Waals surface area contributed by atoms with Crippen molar-refractivity contribution < 1.29 is 18.3 Å². The number of methoxy groups -OCH3 is 1. The summed E-state index contributed by atoms with van der Waals surface area (Å²) in [5, 5.41) is 20.4. The number of rotatable bonds is 5. The minimum absolute atomic E-state index is 0.121. The molecule has 19 heavy (non-hydrogen) atoms. The summed E-state index contributed by atoms with van der Waals surface area (Å²) in [4.78, 5) is 0. The molecule has 0 aliphatic carbocycles. The first-order valence-corrected chi connectivity index (χ1v) is 4.87. The van der Waals surface area contributed by atoms with Gasteiger partial charge in [0.1, 0.15) is 12.1 Å². The van der Waals surface area contributed by atoms with Gasteiger partial charge in [0, 0.05) is 6.07 Å². The number of ether oxygens (including phenoxy) is 2. The number of nitriles is 2. The Morgan fingerprint density at radius 1 is 1.32 bits per heavy atom. The summed E-state index contributed by atoms with van der Waals surface area (Å²) in [6.07, 6.45) is 0. The molecular formula is C11H8F2N4O2. The summed E-state index contributed by atoms with van der Waals surface area (Å²) in [6.45, 7) is -3.00. The van der Waals surface area contributed by atoms with E-state index in [2.05, 4.69) is 15.3 Å². The van der Waals surface area contributed by atoms with Crippen molar-refractivity contribution in [2.45, 2.75) is 6.61 Å². The van der Waals surface area contributed by atoms with Gasteiger partial charge in [0.25, 0.3) is 0 Å². The monoisotopic (exact) mass is 266 g/mol. The van der Waals surface area contributed by atoms with E-state index in [-0.39, 0.29) is 17.2 Å². The quantitative estimate of drug-likeness (QED) is 0.651.